The van der Waals surface area contributed by atoms with Crippen LogP contribution in [0.2, 0.25) is 0 Å². The first-order valence-electron chi connectivity index (χ1n) is 6.95. The molecule has 0 aromatic heterocycles. The minimum absolute atomic E-state index is 0.0887. The van der Waals surface area contributed by atoms with Crippen molar-refractivity contribution in [3.05, 3.63) is 0 Å². The van der Waals surface area contributed by atoms with E-state index in [-0.39, 0.29) is 18.2 Å². The summed E-state index contributed by atoms with van der Waals surface area (Å²) in [5, 5.41) is 0. The molecule has 1 heterocycles. The summed E-state index contributed by atoms with van der Waals surface area (Å²) in [5.74, 6) is 0.626. The zero-order valence-electron chi connectivity index (χ0n) is 11.4. The van der Waals surface area contributed by atoms with Crippen LogP contribution in [0.25, 0.3) is 0 Å². The molecule has 0 radical (unpaired) electrons. The molecule has 1 rings (SSSR count). The lowest BCUT2D eigenvalue weighted by Gasteiger charge is -2.15. The van der Waals surface area contributed by atoms with E-state index in [1.54, 1.807) is 0 Å². The Hall–Kier alpha value is -0.570. The number of hydrogen-bond acceptors (Lipinski definition) is 3. The van der Waals surface area contributed by atoms with Crippen LogP contribution >= 0.6 is 0 Å². The number of unbranched alkanes of at least 4 members (excludes halogenated alkanes) is 2. The van der Waals surface area contributed by atoms with Crippen molar-refractivity contribution in [1.29, 1.82) is 0 Å². The minimum Gasteiger partial charge on any atom is -0.460 e. The van der Waals surface area contributed by atoms with E-state index in [1.165, 1.54) is 19.3 Å². The van der Waals surface area contributed by atoms with Gasteiger partial charge in [0.15, 0.2) is 6.10 Å². The molecular weight excluding hydrogens is 216 g/mol. The van der Waals surface area contributed by atoms with Crippen LogP contribution in [0.3, 0.4) is 0 Å². The molecule has 0 saturated carbocycles. The van der Waals surface area contributed by atoms with Gasteiger partial charge in [0, 0.05) is 0 Å². The predicted molar refractivity (Wildman–Crippen MR) is 67.8 cm³/mol. The smallest absolute Gasteiger partial charge is 0.337 e. The fourth-order valence-electron chi connectivity index (χ4n) is 1.87. The van der Waals surface area contributed by atoms with Crippen LogP contribution in [0.5, 0.6) is 0 Å². The van der Waals surface area contributed by atoms with Gasteiger partial charge in [0.25, 0.3) is 0 Å². The summed E-state index contributed by atoms with van der Waals surface area (Å²) in [6.45, 7) is 7.13. The predicted octanol–water partition coefficient (Wildman–Crippen LogP) is 3.31. The van der Waals surface area contributed by atoms with Gasteiger partial charge in [-0.2, -0.15) is 0 Å². The van der Waals surface area contributed by atoms with E-state index in [0.717, 1.165) is 25.2 Å². The fourth-order valence-corrected chi connectivity index (χ4v) is 1.87. The molecule has 0 N–H and O–H groups in total. The van der Waals surface area contributed by atoms with Gasteiger partial charge in [-0.1, -0.05) is 40.0 Å². The average molecular weight is 242 g/mol. The van der Waals surface area contributed by atoms with E-state index < -0.39 is 0 Å². The van der Waals surface area contributed by atoms with Crippen LogP contribution in [-0.4, -0.2) is 24.8 Å². The topological polar surface area (TPSA) is 38.8 Å². The highest BCUT2D eigenvalue weighted by Crippen LogP contribution is 2.17. The molecule has 0 bridgehead atoms. The molecule has 0 amide bonds. The summed E-state index contributed by atoms with van der Waals surface area (Å²) in [4.78, 5) is 11.4. The Balaban J connectivity index is 2.03. The highest BCUT2D eigenvalue weighted by atomic mass is 16.6. The average Bonchev–Trinajstić information content (AvgIpc) is 3.10. The monoisotopic (exact) mass is 242 g/mol. The Labute approximate surface area is 105 Å². The second-order valence-corrected chi connectivity index (χ2v) is 5.32. The number of epoxide rings is 1. The SMILES string of the molecule is CC[C@H](CCCCCC(C)C)OC(=O)C1CO1. The summed E-state index contributed by atoms with van der Waals surface area (Å²) in [5.41, 5.74) is 0. The molecule has 1 fully saturated rings. The van der Waals surface area contributed by atoms with E-state index in [0.29, 0.717) is 6.61 Å². The molecule has 1 aliphatic heterocycles. The highest BCUT2D eigenvalue weighted by Gasteiger charge is 2.34. The molecule has 1 saturated heterocycles. The van der Waals surface area contributed by atoms with Crippen molar-refractivity contribution in [3.8, 4) is 0 Å². The first-order chi connectivity index (χ1) is 8.13. The molecule has 3 nitrogen and oxygen atoms in total. The van der Waals surface area contributed by atoms with E-state index in [1.807, 2.05) is 0 Å². The first kappa shape index (κ1) is 14.5. The Kier molecular flexibility index (Phi) is 6.56. The second kappa shape index (κ2) is 7.70. The maximum atomic E-state index is 11.4. The summed E-state index contributed by atoms with van der Waals surface area (Å²) >= 11 is 0. The van der Waals surface area contributed by atoms with Gasteiger partial charge in [-0.3, -0.25) is 0 Å². The number of carbonyl (C=O) groups is 1. The van der Waals surface area contributed by atoms with Gasteiger partial charge >= 0.3 is 5.97 Å². The van der Waals surface area contributed by atoms with Gasteiger partial charge in [-0.15, -0.1) is 0 Å². The maximum Gasteiger partial charge on any atom is 0.337 e. The molecule has 1 aliphatic rings. The molecule has 100 valence electrons. The first-order valence-corrected chi connectivity index (χ1v) is 6.95. The van der Waals surface area contributed by atoms with Crippen molar-refractivity contribution in [2.45, 2.75) is 71.5 Å². The van der Waals surface area contributed by atoms with Gasteiger partial charge in [-0.05, 0) is 25.2 Å². The van der Waals surface area contributed by atoms with Crippen molar-refractivity contribution in [2.24, 2.45) is 5.92 Å². The summed E-state index contributed by atoms with van der Waals surface area (Å²) in [6.07, 6.45) is 6.71. The van der Waals surface area contributed by atoms with E-state index in [4.69, 9.17) is 9.47 Å². The molecule has 17 heavy (non-hydrogen) atoms. The maximum absolute atomic E-state index is 11.4. The minimum atomic E-state index is -0.259. The fraction of sp³-hybridized carbons (Fsp3) is 0.929. The third-order valence-corrected chi connectivity index (χ3v) is 3.14. The summed E-state index contributed by atoms with van der Waals surface area (Å²) in [6, 6.07) is 0. The summed E-state index contributed by atoms with van der Waals surface area (Å²) < 4.78 is 10.3. The van der Waals surface area contributed by atoms with Crippen LogP contribution in [0.1, 0.15) is 59.3 Å². The van der Waals surface area contributed by atoms with Gasteiger partial charge < -0.3 is 9.47 Å². The van der Waals surface area contributed by atoms with Crippen molar-refractivity contribution in [3.63, 3.8) is 0 Å². The van der Waals surface area contributed by atoms with E-state index in [2.05, 4.69) is 20.8 Å². The Bertz CT molecular complexity index is 222. The number of carbonyl (C=O) groups excluding carboxylic acids is 1. The molecule has 0 aromatic rings. The van der Waals surface area contributed by atoms with Gasteiger partial charge in [-0.25, -0.2) is 4.79 Å². The third-order valence-electron chi connectivity index (χ3n) is 3.14. The van der Waals surface area contributed by atoms with Gasteiger partial charge in [0.05, 0.1) is 6.61 Å². The standard InChI is InChI=1S/C14H26O3/c1-4-12(17-14(15)13-10-16-13)9-7-5-6-8-11(2)3/h11-13H,4-10H2,1-3H3/t12-,13?/m1/s1. The van der Waals surface area contributed by atoms with Crippen LogP contribution in [0, 0.1) is 5.92 Å². The van der Waals surface area contributed by atoms with E-state index >= 15 is 0 Å². The highest BCUT2D eigenvalue weighted by molar-refractivity contribution is 5.77. The largest absolute Gasteiger partial charge is 0.460 e. The van der Waals surface area contributed by atoms with Crippen LogP contribution < -0.4 is 0 Å². The second-order valence-electron chi connectivity index (χ2n) is 5.32. The molecule has 0 spiro atoms. The normalized spacial score (nSPS) is 20.4. The molecule has 0 aromatic carbocycles. The van der Waals surface area contributed by atoms with Crippen LogP contribution in [0.4, 0.5) is 0 Å². The Morgan fingerprint density at radius 3 is 2.47 bits per heavy atom. The zero-order valence-corrected chi connectivity index (χ0v) is 11.4. The lowest BCUT2D eigenvalue weighted by atomic mass is 10.0. The van der Waals surface area contributed by atoms with Crippen molar-refractivity contribution >= 4 is 5.97 Å². The number of hydrogen-bond donors (Lipinski definition) is 0. The molecular formula is C14H26O3. The molecule has 0 aliphatic carbocycles. The lowest BCUT2D eigenvalue weighted by Crippen LogP contribution is -2.21. The zero-order chi connectivity index (χ0) is 12.7. The van der Waals surface area contributed by atoms with Crippen molar-refractivity contribution < 1.29 is 14.3 Å². The number of ether oxygens (including phenoxy) is 2. The van der Waals surface area contributed by atoms with Gasteiger partial charge in [0.2, 0.25) is 0 Å². The van der Waals surface area contributed by atoms with E-state index in [9.17, 15) is 4.79 Å². The van der Waals surface area contributed by atoms with Crippen LogP contribution in [0.15, 0.2) is 0 Å². The van der Waals surface area contributed by atoms with Crippen molar-refractivity contribution in [1.82, 2.24) is 0 Å². The number of rotatable bonds is 9. The Morgan fingerprint density at radius 1 is 1.29 bits per heavy atom. The summed E-state index contributed by atoms with van der Waals surface area (Å²) in [7, 11) is 0. The molecule has 1 unspecified atom stereocenters. The van der Waals surface area contributed by atoms with Gasteiger partial charge in [0.1, 0.15) is 6.10 Å². The lowest BCUT2D eigenvalue weighted by molar-refractivity contribution is -0.151. The van der Waals surface area contributed by atoms with Crippen LogP contribution in [-0.2, 0) is 14.3 Å². The quantitative estimate of drug-likeness (QED) is 0.354. The van der Waals surface area contributed by atoms with Crippen molar-refractivity contribution in [2.75, 3.05) is 6.61 Å². The number of esters is 1. The molecule has 2 atom stereocenters. The molecule has 3 heteroatoms. The third kappa shape index (κ3) is 6.67. The Morgan fingerprint density at radius 2 is 1.94 bits per heavy atom.